The Bertz CT molecular complexity index is 592. The third-order valence-corrected chi connectivity index (χ3v) is 4.42. The van der Waals surface area contributed by atoms with Crippen molar-refractivity contribution in [3.8, 4) is 11.3 Å². The van der Waals surface area contributed by atoms with Gasteiger partial charge in [-0.2, -0.15) is 0 Å². The van der Waals surface area contributed by atoms with Crippen molar-refractivity contribution < 1.29 is 0 Å². The van der Waals surface area contributed by atoms with Gasteiger partial charge in [0, 0.05) is 28.2 Å². The molecule has 1 fully saturated rings. The third kappa shape index (κ3) is 3.07. The molecule has 1 saturated carbocycles. The number of benzene rings is 1. The molecular formula is C16H18BrN3. The van der Waals surface area contributed by atoms with Crippen LogP contribution in [0.3, 0.4) is 0 Å². The van der Waals surface area contributed by atoms with Crippen LogP contribution >= 0.6 is 15.9 Å². The van der Waals surface area contributed by atoms with Crippen molar-refractivity contribution in [1.29, 1.82) is 0 Å². The molecule has 0 radical (unpaired) electrons. The largest absolute Gasteiger partial charge is 0.328 e. The van der Waals surface area contributed by atoms with Crippen LogP contribution in [0.1, 0.15) is 37.4 Å². The van der Waals surface area contributed by atoms with Crippen molar-refractivity contribution >= 4 is 15.9 Å². The predicted octanol–water partition coefficient (Wildman–Crippen LogP) is 3.89. The van der Waals surface area contributed by atoms with Gasteiger partial charge in [0.1, 0.15) is 5.82 Å². The highest BCUT2D eigenvalue weighted by Gasteiger charge is 2.22. The van der Waals surface area contributed by atoms with Gasteiger partial charge in [0.15, 0.2) is 0 Å². The van der Waals surface area contributed by atoms with Gasteiger partial charge >= 0.3 is 0 Å². The fourth-order valence-corrected chi connectivity index (χ4v) is 3.16. The lowest BCUT2D eigenvalue weighted by molar-refractivity contribution is 0.385. The molecule has 1 aliphatic carbocycles. The Morgan fingerprint density at radius 1 is 1.10 bits per heavy atom. The van der Waals surface area contributed by atoms with Crippen LogP contribution in [0, 0.1) is 0 Å². The number of aromatic nitrogens is 2. The molecule has 3 nitrogen and oxygen atoms in total. The van der Waals surface area contributed by atoms with E-state index in [-0.39, 0.29) is 0 Å². The van der Waals surface area contributed by atoms with E-state index in [4.69, 9.17) is 10.7 Å². The van der Waals surface area contributed by atoms with Gasteiger partial charge in [-0.15, -0.1) is 0 Å². The van der Waals surface area contributed by atoms with Gasteiger partial charge in [-0.1, -0.05) is 28.1 Å². The summed E-state index contributed by atoms with van der Waals surface area (Å²) < 4.78 is 1.07. The van der Waals surface area contributed by atoms with E-state index in [9.17, 15) is 0 Å². The van der Waals surface area contributed by atoms with Crippen molar-refractivity contribution in [2.45, 2.75) is 37.6 Å². The zero-order chi connectivity index (χ0) is 13.9. The molecule has 2 aromatic rings. The SMILES string of the molecule is NC1CCC(c2nccc(-c3cccc(Br)c3)n2)CC1. The molecular weight excluding hydrogens is 314 g/mol. The predicted molar refractivity (Wildman–Crippen MR) is 84.4 cm³/mol. The lowest BCUT2D eigenvalue weighted by Crippen LogP contribution is -2.26. The molecule has 0 atom stereocenters. The van der Waals surface area contributed by atoms with Crippen LogP contribution in [0.15, 0.2) is 41.0 Å². The van der Waals surface area contributed by atoms with E-state index in [2.05, 4.69) is 33.0 Å². The van der Waals surface area contributed by atoms with Gasteiger partial charge in [0.2, 0.25) is 0 Å². The second kappa shape index (κ2) is 6.02. The van der Waals surface area contributed by atoms with E-state index in [0.717, 1.165) is 47.2 Å². The number of hydrogen-bond donors (Lipinski definition) is 1. The highest BCUT2D eigenvalue weighted by molar-refractivity contribution is 9.10. The molecule has 0 amide bonds. The molecule has 104 valence electrons. The van der Waals surface area contributed by atoms with E-state index in [0.29, 0.717) is 12.0 Å². The van der Waals surface area contributed by atoms with Crippen molar-refractivity contribution in [2.75, 3.05) is 0 Å². The summed E-state index contributed by atoms with van der Waals surface area (Å²) in [7, 11) is 0. The average Bonchev–Trinajstić information content (AvgIpc) is 2.48. The van der Waals surface area contributed by atoms with Crippen LogP contribution < -0.4 is 5.73 Å². The van der Waals surface area contributed by atoms with Gasteiger partial charge in [-0.25, -0.2) is 9.97 Å². The molecule has 0 unspecified atom stereocenters. The van der Waals surface area contributed by atoms with Crippen molar-refractivity contribution in [3.63, 3.8) is 0 Å². The summed E-state index contributed by atoms with van der Waals surface area (Å²) in [6.07, 6.45) is 6.23. The molecule has 1 heterocycles. The number of halogens is 1. The second-order valence-electron chi connectivity index (χ2n) is 5.42. The maximum absolute atomic E-state index is 5.97. The third-order valence-electron chi connectivity index (χ3n) is 3.93. The fourth-order valence-electron chi connectivity index (χ4n) is 2.76. The summed E-state index contributed by atoms with van der Waals surface area (Å²) in [6.45, 7) is 0. The molecule has 2 N–H and O–H groups in total. The highest BCUT2D eigenvalue weighted by atomic mass is 79.9. The van der Waals surface area contributed by atoms with Gasteiger partial charge < -0.3 is 5.73 Å². The Balaban J connectivity index is 1.86. The summed E-state index contributed by atoms with van der Waals surface area (Å²) >= 11 is 3.50. The Labute approximate surface area is 127 Å². The number of nitrogens with two attached hydrogens (primary N) is 1. The zero-order valence-electron chi connectivity index (χ0n) is 11.3. The quantitative estimate of drug-likeness (QED) is 0.908. The van der Waals surface area contributed by atoms with E-state index in [1.165, 1.54) is 0 Å². The van der Waals surface area contributed by atoms with Crippen LogP contribution in [0.4, 0.5) is 0 Å². The zero-order valence-corrected chi connectivity index (χ0v) is 12.9. The lowest BCUT2D eigenvalue weighted by Gasteiger charge is -2.25. The number of rotatable bonds is 2. The first-order chi connectivity index (χ1) is 9.72. The van der Waals surface area contributed by atoms with E-state index >= 15 is 0 Å². The molecule has 1 aromatic carbocycles. The Hall–Kier alpha value is -1.26. The first-order valence-electron chi connectivity index (χ1n) is 7.07. The minimum absolute atomic E-state index is 0.361. The molecule has 1 aliphatic rings. The fraction of sp³-hybridized carbons (Fsp3) is 0.375. The first kappa shape index (κ1) is 13.7. The van der Waals surface area contributed by atoms with Crippen molar-refractivity contribution in [3.05, 3.63) is 46.8 Å². The molecule has 4 heteroatoms. The van der Waals surface area contributed by atoms with Gasteiger partial charge in [-0.3, -0.25) is 0 Å². The summed E-state index contributed by atoms with van der Waals surface area (Å²) in [5.74, 6) is 1.43. The second-order valence-corrected chi connectivity index (χ2v) is 6.34. The molecule has 3 rings (SSSR count). The molecule has 20 heavy (non-hydrogen) atoms. The van der Waals surface area contributed by atoms with Crippen LogP contribution in [-0.4, -0.2) is 16.0 Å². The lowest BCUT2D eigenvalue weighted by atomic mass is 9.86. The monoisotopic (exact) mass is 331 g/mol. The average molecular weight is 332 g/mol. The smallest absolute Gasteiger partial charge is 0.132 e. The van der Waals surface area contributed by atoms with Crippen LogP contribution in [0.5, 0.6) is 0 Å². The van der Waals surface area contributed by atoms with E-state index in [1.54, 1.807) is 0 Å². The minimum Gasteiger partial charge on any atom is -0.328 e. The molecule has 0 saturated heterocycles. The first-order valence-corrected chi connectivity index (χ1v) is 7.86. The Morgan fingerprint density at radius 3 is 2.65 bits per heavy atom. The van der Waals surface area contributed by atoms with E-state index < -0.39 is 0 Å². The topological polar surface area (TPSA) is 51.8 Å². The van der Waals surface area contributed by atoms with Crippen LogP contribution in [0.25, 0.3) is 11.3 Å². The standard InChI is InChI=1S/C16H18BrN3/c17-13-3-1-2-12(10-13)15-8-9-19-16(20-15)11-4-6-14(18)7-5-11/h1-3,8-11,14H,4-7,18H2. The molecule has 1 aromatic heterocycles. The summed E-state index contributed by atoms with van der Waals surface area (Å²) in [5.41, 5.74) is 8.08. The molecule has 0 aliphatic heterocycles. The van der Waals surface area contributed by atoms with Crippen LogP contribution in [-0.2, 0) is 0 Å². The Kier molecular flexibility index (Phi) is 4.13. The maximum Gasteiger partial charge on any atom is 0.132 e. The van der Waals surface area contributed by atoms with Crippen molar-refractivity contribution in [1.82, 2.24) is 9.97 Å². The normalized spacial score (nSPS) is 22.7. The molecule has 0 spiro atoms. The Morgan fingerprint density at radius 2 is 1.90 bits per heavy atom. The maximum atomic E-state index is 5.97. The van der Waals surface area contributed by atoms with Crippen molar-refractivity contribution in [2.24, 2.45) is 5.73 Å². The highest BCUT2D eigenvalue weighted by Crippen LogP contribution is 2.31. The molecule has 0 bridgehead atoms. The summed E-state index contributed by atoms with van der Waals surface area (Å²) in [6, 6.07) is 10.5. The summed E-state index contributed by atoms with van der Waals surface area (Å²) in [5, 5.41) is 0. The van der Waals surface area contributed by atoms with Crippen LogP contribution in [0.2, 0.25) is 0 Å². The number of nitrogens with zero attached hydrogens (tertiary/aromatic N) is 2. The van der Waals surface area contributed by atoms with Gasteiger partial charge in [0.25, 0.3) is 0 Å². The van der Waals surface area contributed by atoms with Gasteiger partial charge in [-0.05, 0) is 43.9 Å². The summed E-state index contributed by atoms with van der Waals surface area (Å²) in [4.78, 5) is 9.23. The number of hydrogen-bond acceptors (Lipinski definition) is 3. The van der Waals surface area contributed by atoms with Gasteiger partial charge in [0.05, 0.1) is 5.69 Å². The van der Waals surface area contributed by atoms with E-state index in [1.807, 2.05) is 24.4 Å². The minimum atomic E-state index is 0.361.